The number of nitriles is 1. The van der Waals surface area contributed by atoms with Crippen LogP contribution < -0.4 is 16.0 Å². The lowest BCUT2D eigenvalue weighted by atomic mass is 9.88. The number of allylic oxidation sites excluding steroid dienone is 1. The Morgan fingerprint density at radius 1 is 1.24 bits per heavy atom. The molecule has 12 heteroatoms. The number of nitrogens with one attached hydrogen (secondary N) is 3. The smallest absolute Gasteiger partial charge is 0.365 e. The summed E-state index contributed by atoms with van der Waals surface area (Å²) in [6.45, 7) is 2.52. The number of carbonyl (C=O) groups is 2. The Morgan fingerprint density at radius 3 is 2.70 bits per heavy atom. The predicted octanol–water partition coefficient (Wildman–Crippen LogP) is 2.12. The van der Waals surface area contributed by atoms with Gasteiger partial charge < -0.3 is 15.5 Å². The topological polar surface area (TPSA) is 123 Å². The van der Waals surface area contributed by atoms with Crippen molar-refractivity contribution >= 4 is 23.6 Å². The van der Waals surface area contributed by atoms with Crippen molar-refractivity contribution in [2.24, 2.45) is 17.8 Å². The van der Waals surface area contributed by atoms with Crippen molar-refractivity contribution in [1.29, 1.82) is 5.26 Å². The van der Waals surface area contributed by atoms with Crippen LogP contribution in [0.3, 0.4) is 0 Å². The number of amides is 2. The van der Waals surface area contributed by atoms with Crippen molar-refractivity contribution in [3.8, 4) is 6.19 Å². The summed E-state index contributed by atoms with van der Waals surface area (Å²) in [4.78, 5) is 33.7. The zero-order valence-electron chi connectivity index (χ0n) is 17.9. The number of hydrogen-bond donors (Lipinski definition) is 3. The highest BCUT2D eigenvalue weighted by Gasteiger charge is 2.49. The Bertz CT molecular complexity index is 1010. The first-order valence-corrected chi connectivity index (χ1v) is 10.8. The molecule has 2 aliphatic carbocycles. The summed E-state index contributed by atoms with van der Waals surface area (Å²) < 4.78 is 41.1. The molecule has 0 aromatic carbocycles. The van der Waals surface area contributed by atoms with E-state index in [0.717, 1.165) is 19.0 Å². The van der Waals surface area contributed by atoms with E-state index in [4.69, 9.17) is 5.26 Å². The van der Waals surface area contributed by atoms with E-state index in [9.17, 15) is 22.8 Å². The molecule has 1 aliphatic heterocycles. The third kappa shape index (κ3) is 4.72. The van der Waals surface area contributed by atoms with Crippen LogP contribution in [-0.4, -0.2) is 51.9 Å². The number of carbonyl (C=O) groups excluding carboxylic acids is 2. The van der Waals surface area contributed by atoms with E-state index < -0.39 is 35.4 Å². The molecule has 2 fully saturated rings. The Morgan fingerprint density at radius 2 is 2.00 bits per heavy atom. The standard InChI is InChI=1S/C21H24F3N7O2/c1-11(32)31-6-2-3-14(9-31)28-20-26-8-15(21(22,23)24)18(30-20)29-17-13-5-4-12(7-13)16(17)19(33)27-10-25/h4-5,8,12-14,16-17H,2-3,6-7,9H2,1H3,(H,27,33)(H2,26,28,29,30)/t12?,13?,14-,16?,17?/m0/s1. The maximum Gasteiger partial charge on any atom is 0.421 e. The van der Waals surface area contributed by atoms with Gasteiger partial charge in [0.05, 0.1) is 5.92 Å². The number of piperidine rings is 1. The van der Waals surface area contributed by atoms with Gasteiger partial charge >= 0.3 is 6.18 Å². The fourth-order valence-electron chi connectivity index (χ4n) is 5.01. The van der Waals surface area contributed by atoms with Gasteiger partial charge in [-0.25, -0.2) is 4.98 Å². The van der Waals surface area contributed by atoms with Crippen molar-refractivity contribution in [3.05, 3.63) is 23.9 Å². The van der Waals surface area contributed by atoms with Gasteiger partial charge in [-0.2, -0.15) is 23.4 Å². The van der Waals surface area contributed by atoms with Gasteiger partial charge in [0.1, 0.15) is 11.4 Å². The van der Waals surface area contributed by atoms with Gasteiger partial charge in [-0.3, -0.25) is 14.9 Å². The Kier molecular flexibility index (Phi) is 6.14. The molecule has 4 unspecified atom stereocenters. The number of rotatable bonds is 5. The normalized spacial score (nSPS) is 28.3. The second kappa shape index (κ2) is 8.88. The number of nitrogens with zero attached hydrogens (tertiary/aromatic N) is 4. The molecule has 2 amide bonds. The number of anilines is 2. The van der Waals surface area contributed by atoms with Gasteiger partial charge in [0, 0.05) is 38.3 Å². The highest BCUT2D eigenvalue weighted by Crippen LogP contribution is 2.46. The Hall–Kier alpha value is -3.36. The summed E-state index contributed by atoms with van der Waals surface area (Å²) in [6.07, 6.45) is 3.46. The van der Waals surface area contributed by atoms with Crippen LogP contribution >= 0.6 is 0 Å². The van der Waals surface area contributed by atoms with Crippen LogP contribution in [0.5, 0.6) is 0 Å². The molecule has 1 aromatic rings. The molecule has 3 aliphatic rings. The number of hydrogen-bond acceptors (Lipinski definition) is 7. The van der Waals surface area contributed by atoms with E-state index in [-0.39, 0.29) is 29.7 Å². The molecule has 9 nitrogen and oxygen atoms in total. The molecule has 0 radical (unpaired) electrons. The molecular weight excluding hydrogens is 439 g/mol. The Balaban J connectivity index is 1.58. The molecular formula is C21H24F3N7O2. The molecule has 1 saturated heterocycles. The number of likely N-dealkylation sites (tertiary alicyclic amines) is 1. The first-order valence-electron chi connectivity index (χ1n) is 10.8. The van der Waals surface area contributed by atoms with Crippen molar-refractivity contribution in [2.45, 2.75) is 44.4 Å². The van der Waals surface area contributed by atoms with E-state index in [1.807, 2.05) is 12.2 Å². The van der Waals surface area contributed by atoms with Crippen LogP contribution in [0.4, 0.5) is 24.9 Å². The highest BCUT2D eigenvalue weighted by atomic mass is 19.4. The third-order valence-electron chi connectivity index (χ3n) is 6.54. The van der Waals surface area contributed by atoms with Gasteiger partial charge in [-0.15, -0.1) is 0 Å². The number of fused-ring (bicyclic) bond motifs is 2. The van der Waals surface area contributed by atoms with E-state index in [2.05, 4.69) is 25.9 Å². The lowest BCUT2D eigenvalue weighted by Crippen LogP contribution is -2.44. The van der Waals surface area contributed by atoms with Gasteiger partial charge in [0.15, 0.2) is 6.19 Å². The number of alkyl halides is 3. The summed E-state index contributed by atoms with van der Waals surface area (Å²) in [5, 5.41) is 16.8. The highest BCUT2D eigenvalue weighted by molar-refractivity contribution is 5.82. The lowest BCUT2D eigenvalue weighted by molar-refractivity contribution is -0.137. The molecule has 0 spiro atoms. The quantitative estimate of drug-likeness (QED) is 0.347. The Labute approximate surface area is 188 Å². The zero-order valence-corrected chi connectivity index (χ0v) is 17.9. The van der Waals surface area contributed by atoms with Gasteiger partial charge in [-0.05, 0) is 31.1 Å². The fourth-order valence-corrected chi connectivity index (χ4v) is 5.01. The predicted molar refractivity (Wildman–Crippen MR) is 111 cm³/mol. The van der Waals surface area contributed by atoms with E-state index in [1.54, 1.807) is 11.1 Å². The summed E-state index contributed by atoms with van der Waals surface area (Å²) in [7, 11) is 0. The molecule has 2 bridgehead atoms. The SMILES string of the molecule is CC(=O)N1CCC[C@H](Nc2ncc(C(F)(F)F)c(NC3C4C=CC(C4)C3C(=O)NC#N)n2)C1. The minimum atomic E-state index is -4.70. The fraction of sp³-hybridized carbons (Fsp3) is 0.571. The molecule has 2 heterocycles. The van der Waals surface area contributed by atoms with Crippen LogP contribution in [-0.2, 0) is 15.8 Å². The van der Waals surface area contributed by atoms with Crippen LogP contribution in [0.1, 0.15) is 31.7 Å². The largest absolute Gasteiger partial charge is 0.421 e. The summed E-state index contributed by atoms with van der Waals surface area (Å²) in [5.74, 6) is -2.00. The minimum Gasteiger partial charge on any atom is -0.365 e. The lowest BCUT2D eigenvalue weighted by Gasteiger charge is -2.32. The molecule has 33 heavy (non-hydrogen) atoms. The molecule has 4 rings (SSSR count). The monoisotopic (exact) mass is 463 g/mol. The maximum atomic E-state index is 13.7. The third-order valence-corrected chi connectivity index (χ3v) is 6.54. The summed E-state index contributed by atoms with van der Waals surface area (Å²) in [5.41, 5.74) is -1.03. The average Bonchev–Trinajstić information content (AvgIpc) is 3.35. The van der Waals surface area contributed by atoms with Crippen molar-refractivity contribution in [2.75, 3.05) is 23.7 Å². The molecule has 3 N–H and O–H groups in total. The van der Waals surface area contributed by atoms with Gasteiger partial charge in [-0.1, -0.05) is 12.2 Å². The van der Waals surface area contributed by atoms with Crippen LogP contribution in [0.25, 0.3) is 0 Å². The summed E-state index contributed by atoms with van der Waals surface area (Å²) in [6, 6.07) is -0.827. The zero-order chi connectivity index (χ0) is 23.8. The van der Waals surface area contributed by atoms with Crippen molar-refractivity contribution in [3.63, 3.8) is 0 Å². The van der Waals surface area contributed by atoms with Crippen LogP contribution in [0.15, 0.2) is 18.3 Å². The average molecular weight is 463 g/mol. The summed E-state index contributed by atoms with van der Waals surface area (Å²) >= 11 is 0. The molecule has 5 atom stereocenters. The van der Waals surface area contributed by atoms with Gasteiger partial charge in [0.2, 0.25) is 17.8 Å². The van der Waals surface area contributed by atoms with E-state index in [1.165, 1.54) is 6.92 Å². The van der Waals surface area contributed by atoms with Crippen LogP contribution in [0.2, 0.25) is 0 Å². The molecule has 176 valence electrons. The van der Waals surface area contributed by atoms with Crippen molar-refractivity contribution < 1.29 is 22.8 Å². The number of aromatic nitrogens is 2. The van der Waals surface area contributed by atoms with Crippen molar-refractivity contribution in [1.82, 2.24) is 20.2 Å². The van der Waals surface area contributed by atoms with Gasteiger partial charge in [0.25, 0.3) is 0 Å². The first-order chi connectivity index (χ1) is 15.7. The maximum absolute atomic E-state index is 13.7. The molecule has 1 aromatic heterocycles. The van der Waals surface area contributed by atoms with Crippen LogP contribution in [0, 0.1) is 29.2 Å². The minimum absolute atomic E-state index is 0.0117. The van der Waals surface area contributed by atoms with E-state index in [0.29, 0.717) is 19.5 Å². The second-order valence-corrected chi connectivity index (χ2v) is 8.65. The first kappa shape index (κ1) is 22.8. The molecule has 1 saturated carbocycles. The second-order valence-electron chi connectivity index (χ2n) is 8.65. The number of halogens is 3. The van der Waals surface area contributed by atoms with E-state index >= 15 is 0 Å².